The number of aromatic nitrogens is 2. The van der Waals surface area contributed by atoms with Gasteiger partial charge in [0.25, 0.3) is 5.91 Å². The first-order valence-corrected chi connectivity index (χ1v) is 7.66. The highest BCUT2D eigenvalue weighted by Crippen LogP contribution is 2.33. The average Bonchev–Trinajstić information content (AvgIpc) is 3.34. The molecule has 1 amide bonds. The maximum Gasteiger partial charge on any atom is 0.290 e. The van der Waals surface area contributed by atoms with Crippen LogP contribution in [-0.2, 0) is 0 Å². The molecule has 3 heterocycles. The van der Waals surface area contributed by atoms with Crippen molar-refractivity contribution in [2.45, 2.75) is 18.9 Å². The van der Waals surface area contributed by atoms with Crippen LogP contribution in [0.2, 0.25) is 0 Å². The Kier molecular flexibility index (Phi) is 3.60. The van der Waals surface area contributed by atoms with E-state index >= 15 is 0 Å². The number of hydrogen-bond donors (Lipinski definition) is 0. The summed E-state index contributed by atoms with van der Waals surface area (Å²) in [6.07, 6.45) is 3.07. The number of carbonyl (C=O) groups excluding carboxylic acids is 1. The van der Waals surface area contributed by atoms with Crippen molar-refractivity contribution >= 4 is 5.91 Å². The van der Waals surface area contributed by atoms with E-state index in [1.165, 1.54) is 18.4 Å². The Labute approximate surface area is 136 Å². The van der Waals surface area contributed by atoms with E-state index in [9.17, 15) is 9.18 Å². The number of amides is 1. The monoisotopic (exact) mass is 327 g/mol. The van der Waals surface area contributed by atoms with E-state index in [0.717, 1.165) is 12.8 Å². The quantitative estimate of drug-likeness (QED) is 0.737. The van der Waals surface area contributed by atoms with E-state index in [1.807, 2.05) is 0 Å². The first kappa shape index (κ1) is 14.6. The molecule has 0 aliphatic carbocycles. The number of furan rings is 1. The van der Waals surface area contributed by atoms with Crippen LogP contribution in [0.1, 0.15) is 35.3 Å². The molecule has 4 rings (SSSR count). The lowest BCUT2D eigenvalue weighted by Crippen LogP contribution is -2.30. The van der Waals surface area contributed by atoms with Gasteiger partial charge in [0.1, 0.15) is 11.9 Å². The zero-order valence-corrected chi connectivity index (χ0v) is 12.7. The summed E-state index contributed by atoms with van der Waals surface area (Å²) >= 11 is 0. The Morgan fingerprint density at radius 2 is 2.08 bits per heavy atom. The van der Waals surface area contributed by atoms with Crippen LogP contribution >= 0.6 is 0 Å². The van der Waals surface area contributed by atoms with Gasteiger partial charge in [-0.3, -0.25) is 4.79 Å². The first-order chi connectivity index (χ1) is 11.7. The van der Waals surface area contributed by atoms with Crippen LogP contribution in [0.25, 0.3) is 11.4 Å². The van der Waals surface area contributed by atoms with Crippen LogP contribution in [0.5, 0.6) is 0 Å². The van der Waals surface area contributed by atoms with Crippen molar-refractivity contribution < 1.29 is 18.1 Å². The van der Waals surface area contributed by atoms with E-state index in [2.05, 4.69) is 10.1 Å². The highest BCUT2D eigenvalue weighted by molar-refractivity contribution is 5.91. The Morgan fingerprint density at radius 1 is 1.25 bits per heavy atom. The Balaban J connectivity index is 1.59. The molecule has 0 saturated carbocycles. The molecule has 1 aromatic carbocycles. The van der Waals surface area contributed by atoms with Crippen LogP contribution in [0.4, 0.5) is 4.39 Å². The Bertz CT molecular complexity index is 842. The third-order valence-electron chi connectivity index (χ3n) is 4.07. The minimum absolute atomic E-state index is 0.191. The predicted octanol–water partition coefficient (Wildman–Crippen LogP) is 3.45. The second-order valence-corrected chi connectivity index (χ2v) is 5.60. The molecule has 1 aliphatic rings. The molecular formula is C17H14FN3O3. The van der Waals surface area contributed by atoms with Gasteiger partial charge in [-0.25, -0.2) is 4.39 Å². The van der Waals surface area contributed by atoms with Gasteiger partial charge in [0.05, 0.1) is 6.26 Å². The summed E-state index contributed by atoms with van der Waals surface area (Å²) in [5.74, 6) is 0.534. The van der Waals surface area contributed by atoms with Crippen molar-refractivity contribution in [1.29, 1.82) is 0 Å². The molecule has 0 radical (unpaired) electrons. The molecule has 2 aromatic heterocycles. The standard InChI is InChI=1S/C17H14FN3O3/c18-12-7-5-11(6-8-12)15-19-16(24-20-15)13-3-1-9-21(13)17(22)14-4-2-10-23-14/h2,4-8,10,13H,1,3,9H2. The lowest BCUT2D eigenvalue weighted by molar-refractivity contribution is 0.0678. The van der Waals surface area contributed by atoms with Crippen molar-refractivity contribution in [3.8, 4) is 11.4 Å². The van der Waals surface area contributed by atoms with Gasteiger partial charge in [-0.05, 0) is 49.2 Å². The van der Waals surface area contributed by atoms with Crippen LogP contribution in [0, 0.1) is 5.82 Å². The number of benzene rings is 1. The fourth-order valence-corrected chi connectivity index (χ4v) is 2.90. The van der Waals surface area contributed by atoms with Gasteiger partial charge in [0, 0.05) is 12.1 Å². The van der Waals surface area contributed by atoms with E-state index < -0.39 is 0 Å². The molecule has 0 spiro atoms. The van der Waals surface area contributed by atoms with Crippen molar-refractivity contribution in [2.75, 3.05) is 6.54 Å². The number of nitrogens with zero attached hydrogens (tertiary/aromatic N) is 3. The highest BCUT2D eigenvalue weighted by atomic mass is 19.1. The number of halogens is 1. The number of carbonyl (C=O) groups is 1. The van der Waals surface area contributed by atoms with Crippen molar-refractivity contribution in [3.05, 3.63) is 60.1 Å². The summed E-state index contributed by atoms with van der Waals surface area (Å²) in [6.45, 7) is 0.610. The number of likely N-dealkylation sites (tertiary alicyclic amines) is 1. The second kappa shape index (κ2) is 5.92. The van der Waals surface area contributed by atoms with Gasteiger partial charge in [0.2, 0.25) is 11.7 Å². The maximum absolute atomic E-state index is 13.0. The van der Waals surface area contributed by atoms with Crippen molar-refractivity contribution in [3.63, 3.8) is 0 Å². The zero-order chi connectivity index (χ0) is 16.5. The summed E-state index contributed by atoms with van der Waals surface area (Å²) in [5.41, 5.74) is 0.660. The molecule has 1 aliphatic heterocycles. The van der Waals surface area contributed by atoms with E-state index in [0.29, 0.717) is 29.6 Å². The van der Waals surface area contributed by atoms with Gasteiger partial charge in [-0.1, -0.05) is 5.16 Å². The normalized spacial score (nSPS) is 17.4. The summed E-state index contributed by atoms with van der Waals surface area (Å²) in [6, 6.07) is 8.90. The summed E-state index contributed by atoms with van der Waals surface area (Å²) in [4.78, 5) is 18.6. The fourth-order valence-electron chi connectivity index (χ4n) is 2.90. The summed E-state index contributed by atoms with van der Waals surface area (Å²) in [5, 5.41) is 3.95. The molecule has 3 aromatic rings. The number of rotatable bonds is 3. The summed E-state index contributed by atoms with van der Waals surface area (Å²) in [7, 11) is 0. The molecule has 0 N–H and O–H groups in total. The van der Waals surface area contributed by atoms with E-state index in [-0.39, 0.29) is 17.8 Å². The van der Waals surface area contributed by atoms with Crippen LogP contribution in [0.15, 0.2) is 51.6 Å². The second-order valence-electron chi connectivity index (χ2n) is 5.60. The largest absolute Gasteiger partial charge is 0.459 e. The van der Waals surface area contributed by atoms with Gasteiger partial charge in [-0.15, -0.1) is 0 Å². The first-order valence-electron chi connectivity index (χ1n) is 7.66. The molecule has 1 fully saturated rings. The van der Waals surface area contributed by atoms with E-state index in [1.54, 1.807) is 29.2 Å². The Hall–Kier alpha value is -2.96. The van der Waals surface area contributed by atoms with Crippen LogP contribution in [0.3, 0.4) is 0 Å². The molecular weight excluding hydrogens is 313 g/mol. The van der Waals surface area contributed by atoms with Gasteiger partial charge >= 0.3 is 0 Å². The van der Waals surface area contributed by atoms with Gasteiger partial charge in [0.15, 0.2) is 5.76 Å². The molecule has 122 valence electrons. The van der Waals surface area contributed by atoms with Crippen LogP contribution in [-0.4, -0.2) is 27.5 Å². The van der Waals surface area contributed by atoms with Crippen LogP contribution < -0.4 is 0 Å². The highest BCUT2D eigenvalue weighted by Gasteiger charge is 2.35. The molecule has 1 atom stereocenters. The minimum atomic E-state index is -0.325. The molecule has 1 saturated heterocycles. The number of hydrogen-bond acceptors (Lipinski definition) is 5. The molecule has 24 heavy (non-hydrogen) atoms. The topological polar surface area (TPSA) is 72.4 Å². The third kappa shape index (κ3) is 2.58. The smallest absolute Gasteiger partial charge is 0.290 e. The van der Waals surface area contributed by atoms with E-state index in [4.69, 9.17) is 8.94 Å². The van der Waals surface area contributed by atoms with Gasteiger partial charge < -0.3 is 13.8 Å². The maximum atomic E-state index is 13.0. The van der Waals surface area contributed by atoms with Crippen molar-refractivity contribution in [2.24, 2.45) is 0 Å². The predicted molar refractivity (Wildman–Crippen MR) is 81.4 cm³/mol. The molecule has 7 heteroatoms. The molecule has 0 bridgehead atoms. The fraction of sp³-hybridized carbons (Fsp3) is 0.235. The lowest BCUT2D eigenvalue weighted by Gasteiger charge is -2.20. The molecule has 6 nitrogen and oxygen atoms in total. The minimum Gasteiger partial charge on any atom is -0.459 e. The third-order valence-corrected chi connectivity index (χ3v) is 4.07. The average molecular weight is 327 g/mol. The van der Waals surface area contributed by atoms with Crippen molar-refractivity contribution in [1.82, 2.24) is 15.0 Å². The SMILES string of the molecule is O=C(c1ccco1)N1CCCC1c1nc(-c2ccc(F)cc2)no1. The molecule has 1 unspecified atom stereocenters. The van der Waals surface area contributed by atoms with Gasteiger partial charge in [-0.2, -0.15) is 4.98 Å². The lowest BCUT2D eigenvalue weighted by atomic mass is 10.2. The zero-order valence-electron chi connectivity index (χ0n) is 12.7. The summed E-state index contributed by atoms with van der Waals surface area (Å²) < 4.78 is 23.5. The Morgan fingerprint density at radius 3 is 2.83 bits per heavy atom.